The van der Waals surface area contributed by atoms with Crippen molar-refractivity contribution in [3.63, 3.8) is 0 Å². The lowest BCUT2D eigenvalue weighted by molar-refractivity contribution is 0.0696. The quantitative estimate of drug-likeness (QED) is 0.722. The summed E-state index contributed by atoms with van der Waals surface area (Å²) >= 11 is 0. The number of nitrogens with one attached hydrogen (secondary N) is 2. The Kier molecular flexibility index (Phi) is 6.72. The van der Waals surface area contributed by atoms with Gasteiger partial charge in [-0.3, -0.25) is 0 Å². The molecule has 0 spiro atoms. The summed E-state index contributed by atoms with van der Waals surface area (Å²) in [5.41, 5.74) is 1.16. The first-order chi connectivity index (χ1) is 9.90. The fraction of sp³-hybridized carbons (Fsp3) is 0.500. The number of urea groups is 1. The van der Waals surface area contributed by atoms with Crippen molar-refractivity contribution in [3.8, 4) is 0 Å². The van der Waals surface area contributed by atoms with E-state index in [9.17, 15) is 9.59 Å². The molecule has 1 atom stereocenters. The summed E-state index contributed by atoms with van der Waals surface area (Å²) < 4.78 is 0. The molecule has 5 nitrogen and oxygen atoms in total. The SMILES string of the molecule is CC(C)C(C)CNC(=O)NCCc1cccc(C(=O)O)c1. The second-order valence-corrected chi connectivity index (χ2v) is 5.61. The summed E-state index contributed by atoms with van der Waals surface area (Å²) in [7, 11) is 0. The lowest BCUT2D eigenvalue weighted by Gasteiger charge is -2.16. The van der Waals surface area contributed by atoms with Crippen LogP contribution in [0.4, 0.5) is 4.79 Å². The molecule has 1 aromatic carbocycles. The number of amides is 2. The second kappa shape index (κ2) is 8.29. The van der Waals surface area contributed by atoms with Crippen molar-refractivity contribution in [3.05, 3.63) is 35.4 Å². The molecule has 0 aliphatic rings. The molecule has 0 radical (unpaired) electrons. The lowest BCUT2D eigenvalue weighted by Crippen LogP contribution is -2.39. The van der Waals surface area contributed by atoms with Gasteiger partial charge in [0.05, 0.1) is 5.56 Å². The van der Waals surface area contributed by atoms with Crippen LogP contribution in [0.5, 0.6) is 0 Å². The minimum atomic E-state index is -0.940. The molecule has 116 valence electrons. The maximum absolute atomic E-state index is 11.6. The molecule has 0 bridgehead atoms. The fourth-order valence-corrected chi connectivity index (χ4v) is 1.73. The predicted octanol–water partition coefficient (Wildman–Crippen LogP) is 2.52. The molecule has 0 saturated heterocycles. The highest BCUT2D eigenvalue weighted by Crippen LogP contribution is 2.07. The number of carbonyl (C=O) groups is 2. The maximum Gasteiger partial charge on any atom is 0.335 e. The molecule has 1 unspecified atom stereocenters. The predicted molar refractivity (Wildman–Crippen MR) is 82.5 cm³/mol. The van der Waals surface area contributed by atoms with Crippen LogP contribution < -0.4 is 10.6 Å². The molecule has 0 aromatic heterocycles. The molecule has 2 amide bonds. The monoisotopic (exact) mass is 292 g/mol. The van der Waals surface area contributed by atoms with Crippen LogP contribution in [0.15, 0.2) is 24.3 Å². The van der Waals surface area contributed by atoms with Crippen molar-refractivity contribution in [2.45, 2.75) is 27.2 Å². The van der Waals surface area contributed by atoms with Crippen molar-refractivity contribution in [2.24, 2.45) is 11.8 Å². The average molecular weight is 292 g/mol. The number of hydrogen-bond acceptors (Lipinski definition) is 2. The van der Waals surface area contributed by atoms with E-state index in [4.69, 9.17) is 5.11 Å². The molecule has 0 heterocycles. The highest BCUT2D eigenvalue weighted by molar-refractivity contribution is 5.87. The Hall–Kier alpha value is -2.04. The summed E-state index contributed by atoms with van der Waals surface area (Å²) in [6, 6.07) is 6.56. The van der Waals surface area contributed by atoms with E-state index in [-0.39, 0.29) is 11.6 Å². The van der Waals surface area contributed by atoms with Gasteiger partial charge >= 0.3 is 12.0 Å². The Bertz CT molecular complexity index is 486. The van der Waals surface area contributed by atoms with Crippen molar-refractivity contribution >= 4 is 12.0 Å². The van der Waals surface area contributed by atoms with E-state index in [0.717, 1.165) is 5.56 Å². The zero-order valence-electron chi connectivity index (χ0n) is 12.8. The van der Waals surface area contributed by atoms with Gasteiger partial charge in [-0.1, -0.05) is 32.9 Å². The largest absolute Gasteiger partial charge is 0.478 e. The number of aromatic carboxylic acids is 1. The van der Waals surface area contributed by atoms with Gasteiger partial charge in [0.2, 0.25) is 0 Å². The Morgan fingerprint density at radius 3 is 2.52 bits per heavy atom. The first kappa shape index (κ1) is 17.0. The fourth-order valence-electron chi connectivity index (χ4n) is 1.73. The summed E-state index contributed by atoms with van der Waals surface area (Å²) in [5.74, 6) is 0.0253. The summed E-state index contributed by atoms with van der Waals surface area (Å²) in [4.78, 5) is 22.5. The topological polar surface area (TPSA) is 78.4 Å². The number of carboxylic acids is 1. The van der Waals surface area contributed by atoms with E-state index < -0.39 is 5.97 Å². The minimum Gasteiger partial charge on any atom is -0.478 e. The van der Waals surface area contributed by atoms with Gasteiger partial charge in [-0.15, -0.1) is 0 Å². The van der Waals surface area contributed by atoms with E-state index in [1.54, 1.807) is 18.2 Å². The van der Waals surface area contributed by atoms with Gasteiger partial charge < -0.3 is 15.7 Å². The van der Waals surface area contributed by atoms with Gasteiger partial charge in [-0.2, -0.15) is 0 Å². The number of benzene rings is 1. The Labute approximate surface area is 125 Å². The first-order valence-corrected chi connectivity index (χ1v) is 7.24. The van der Waals surface area contributed by atoms with E-state index in [0.29, 0.717) is 31.3 Å². The van der Waals surface area contributed by atoms with Crippen LogP contribution >= 0.6 is 0 Å². The van der Waals surface area contributed by atoms with Gasteiger partial charge in [-0.05, 0) is 36.0 Å². The summed E-state index contributed by atoms with van der Waals surface area (Å²) in [6.07, 6.45) is 0.605. The van der Waals surface area contributed by atoms with Crippen LogP contribution in [0.25, 0.3) is 0 Å². The van der Waals surface area contributed by atoms with E-state index in [2.05, 4.69) is 31.4 Å². The maximum atomic E-state index is 11.6. The number of carbonyl (C=O) groups excluding carboxylic acids is 1. The minimum absolute atomic E-state index is 0.183. The molecule has 1 aromatic rings. The molecule has 0 aliphatic carbocycles. The van der Waals surface area contributed by atoms with Gasteiger partial charge in [-0.25, -0.2) is 9.59 Å². The van der Waals surface area contributed by atoms with Crippen LogP contribution in [0, 0.1) is 11.8 Å². The van der Waals surface area contributed by atoms with Gasteiger partial charge in [0.15, 0.2) is 0 Å². The smallest absolute Gasteiger partial charge is 0.335 e. The third-order valence-electron chi connectivity index (χ3n) is 3.60. The van der Waals surface area contributed by atoms with Crippen molar-refractivity contribution in [1.82, 2.24) is 10.6 Å². The number of hydrogen-bond donors (Lipinski definition) is 3. The Morgan fingerprint density at radius 1 is 1.19 bits per heavy atom. The second-order valence-electron chi connectivity index (χ2n) is 5.61. The van der Waals surface area contributed by atoms with Crippen LogP contribution in [0.2, 0.25) is 0 Å². The van der Waals surface area contributed by atoms with Crippen LogP contribution in [0.3, 0.4) is 0 Å². The van der Waals surface area contributed by atoms with Crippen molar-refractivity contribution in [1.29, 1.82) is 0 Å². The molecular weight excluding hydrogens is 268 g/mol. The normalized spacial score (nSPS) is 12.0. The van der Waals surface area contributed by atoms with Crippen LogP contribution in [0.1, 0.15) is 36.7 Å². The molecular formula is C16H24N2O3. The van der Waals surface area contributed by atoms with E-state index in [1.807, 2.05) is 6.07 Å². The standard InChI is InChI=1S/C16H24N2O3/c1-11(2)12(3)10-18-16(21)17-8-7-13-5-4-6-14(9-13)15(19)20/h4-6,9,11-12H,7-8,10H2,1-3H3,(H,19,20)(H2,17,18,21). The zero-order valence-corrected chi connectivity index (χ0v) is 12.8. The number of carboxylic acid groups (broad SMARTS) is 1. The molecule has 0 aliphatic heterocycles. The van der Waals surface area contributed by atoms with Gasteiger partial charge in [0.25, 0.3) is 0 Å². The zero-order chi connectivity index (χ0) is 15.8. The summed E-state index contributed by atoms with van der Waals surface area (Å²) in [6.45, 7) is 7.48. The summed E-state index contributed by atoms with van der Waals surface area (Å²) in [5, 5.41) is 14.5. The van der Waals surface area contributed by atoms with Crippen molar-refractivity contribution in [2.75, 3.05) is 13.1 Å². The first-order valence-electron chi connectivity index (χ1n) is 7.24. The third kappa shape index (κ3) is 6.29. The van der Waals surface area contributed by atoms with Gasteiger partial charge in [0.1, 0.15) is 0 Å². The average Bonchev–Trinajstić information content (AvgIpc) is 2.44. The highest BCUT2D eigenvalue weighted by Gasteiger charge is 2.08. The third-order valence-corrected chi connectivity index (χ3v) is 3.60. The molecule has 21 heavy (non-hydrogen) atoms. The van der Waals surface area contributed by atoms with E-state index in [1.165, 1.54) is 0 Å². The van der Waals surface area contributed by atoms with Crippen molar-refractivity contribution < 1.29 is 14.7 Å². The molecule has 0 saturated carbocycles. The van der Waals surface area contributed by atoms with Gasteiger partial charge in [0, 0.05) is 13.1 Å². The van der Waals surface area contributed by atoms with Crippen LogP contribution in [-0.4, -0.2) is 30.2 Å². The Balaban J connectivity index is 2.31. The molecule has 5 heteroatoms. The number of rotatable bonds is 7. The molecule has 0 fully saturated rings. The van der Waals surface area contributed by atoms with Crippen LogP contribution in [-0.2, 0) is 6.42 Å². The highest BCUT2D eigenvalue weighted by atomic mass is 16.4. The molecule has 1 rings (SSSR count). The lowest BCUT2D eigenvalue weighted by atomic mass is 9.98. The Morgan fingerprint density at radius 2 is 1.90 bits per heavy atom. The van der Waals surface area contributed by atoms with E-state index >= 15 is 0 Å². The molecule has 3 N–H and O–H groups in total.